The van der Waals surface area contributed by atoms with Gasteiger partial charge in [0.05, 0.1) is 6.07 Å². The van der Waals surface area contributed by atoms with Crippen LogP contribution in [0.15, 0.2) is 0 Å². The summed E-state index contributed by atoms with van der Waals surface area (Å²) in [5.74, 6) is -1.27. The lowest BCUT2D eigenvalue weighted by Crippen LogP contribution is -2.46. The van der Waals surface area contributed by atoms with Crippen molar-refractivity contribution in [3.8, 4) is 6.07 Å². The third-order valence-electron chi connectivity index (χ3n) is 4.08. The molecular weight excluding hydrogens is 229 g/mol. The normalized spacial score (nSPS) is 31.9. The number of fused-ring (bicyclic) bond motifs is 1. The topological polar surface area (TPSA) is 27.0 Å². The predicted octanol–water partition coefficient (Wildman–Crippen LogP) is 2.95. The van der Waals surface area contributed by atoms with Gasteiger partial charge in [-0.25, -0.2) is 0 Å². The Morgan fingerprint density at radius 1 is 1.24 bits per heavy atom. The molecule has 3 unspecified atom stereocenters. The lowest BCUT2D eigenvalue weighted by Gasteiger charge is -2.38. The average Bonchev–Trinajstić information content (AvgIpc) is 2.72. The molecule has 3 atom stereocenters. The maximum Gasteiger partial charge on any atom is 0.405 e. The molecule has 2 rings (SSSR count). The summed E-state index contributed by atoms with van der Waals surface area (Å²) >= 11 is 0. The highest BCUT2D eigenvalue weighted by Crippen LogP contribution is 2.38. The molecule has 0 N–H and O–H groups in total. The van der Waals surface area contributed by atoms with E-state index < -0.39 is 12.1 Å². The van der Waals surface area contributed by atoms with E-state index in [-0.39, 0.29) is 6.54 Å². The van der Waals surface area contributed by atoms with E-state index in [1.54, 1.807) is 0 Å². The maximum atomic E-state index is 12.6. The van der Waals surface area contributed by atoms with Crippen LogP contribution in [0.3, 0.4) is 0 Å². The maximum absolute atomic E-state index is 12.6. The zero-order valence-electron chi connectivity index (χ0n) is 9.71. The molecule has 0 bridgehead atoms. The van der Waals surface area contributed by atoms with E-state index in [2.05, 4.69) is 0 Å². The minimum Gasteiger partial charge on any atom is -0.298 e. The molecule has 1 aliphatic carbocycles. The minimum atomic E-state index is -4.39. The molecule has 0 spiro atoms. The SMILES string of the molecule is N#CC(CN1CCCC2CCCC21)C(F)(F)F. The summed E-state index contributed by atoms with van der Waals surface area (Å²) in [5, 5.41) is 8.64. The van der Waals surface area contributed by atoms with Gasteiger partial charge in [-0.1, -0.05) is 6.42 Å². The van der Waals surface area contributed by atoms with Crippen LogP contribution in [0.25, 0.3) is 0 Å². The Kier molecular flexibility index (Phi) is 3.62. The molecule has 1 saturated carbocycles. The van der Waals surface area contributed by atoms with Crippen LogP contribution < -0.4 is 0 Å². The second-order valence-corrected chi connectivity index (χ2v) is 5.12. The number of hydrogen-bond donors (Lipinski definition) is 0. The summed E-state index contributed by atoms with van der Waals surface area (Å²) in [5.41, 5.74) is 0. The zero-order valence-corrected chi connectivity index (χ0v) is 9.71. The number of nitrogens with zero attached hydrogens (tertiary/aromatic N) is 2. The van der Waals surface area contributed by atoms with Gasteiger partial charge in [-0.15, -0.1) is 0 Å². The summed E-state index contributed by atoms with van der Waals surface area (Å²) in [4.78, 5) is 1.91. The van der Waals surface area contributed by atoms with Gasteiger partial charge in [0.25, 0.3) is 0 Å². The van der Waals surface area contributed by atoms with E-state index in [1.165, 1.54) is 6.07 Å². The molecule has 17 heavy (non-hydrogen) atoms. The molecule has 0 amide bonds. The van der Waals surface area contributed by atoms with Gasteiger partial charge in [0, 0.05) is 12.6 Å². The van der Waals surface area contributed by atoms with E-state index in [9.17, 15) is 13.2 Å². The molecule has 5 heteroatoms. The highest BCUT2D eigenvalue weighted by atomic mass is 19.4. The second kappa shape index (κ2) is 4.85. The molecule has 2 fully saturated rings. The number of rotatable bonds is 2. The molecule has 0 aromatic carbocycles. The van der Waals surface area contributed by atoms with Crippen molar-refractivity contribution in [3.63, 3.8) is 0 Å². The van der Waals surface area contributed by atoms with Gasteiger partial charge in [-0.3, -0.25) is 4.90 Å². The van der Waals surface area contributed by atoms with E-state index in [1.807, 2.05) is 4.90 Å². The van der Waals surface area contributed by atoms with Crippen molar-refractivity contribution in [3.05, 3.63) is 0 Å². The van der Waals surface area contributed by atoms with Gasteiger partial charge in [-0.2, -0.15) is 18.4 Å². The molecular formula is C12H17F3N2. The van der Waals surface area contributed by atoms with E-state index in [0.717, 1.165) is 38.6 Å². The van der Waals surface area contributed by atoms with Gasteiger partial charge in [-0.05, 0) is 38.1 Å². The van der Waals surface area contributed by atoms with Crippen molar-refractivity contribution in [2.45, 2.75) is 44.3 Å². The predicted molar refractivity (Wildman–Crippen MR) is 57.1 cm³/mol. The summed E-state index contributed by atoms with van der Waals surface area (Å²) < 4.78 is 37.7. The van der Waals surface area contributed by atoms with Crippen LogP contribution in [0, 0.1) is 23.2 Å². The first kappa shape index (κ1) is 12.7. The largest absolute Gasteiger partial charge is 0.405 e. The summed E-state index contributed by atoms with van der Waals surface area (Å²) in [7, 11) is 0. The molecule has 1 saturated heterocycles. The summed E-state index contributed by atoms with van der Waals surface area (Å²) in [6.45, 7) is 0.580. The van der Waals surface area contributed by atoms with Gasteiger partial charge in [0.1, 0.15) is 0 Å². The average molecular weight is 246 g/mol. The molecule has 2 nitrogen and oxygen atoms in total. The van der Waals surface area contributed by atoms with Crippen molar-refractivity contribution in [1.82, 2.24) is 4.90 Å². The molecule has 1 heterocycles. The van der Waals surface area contributed by atoms with Gasteiger partial charge in [0.15, 0.2) is 5.92 Å². The number of nitriles is 1. The fourth-order valence-corrected chi connectivity index (χ4v) is 3.24. The molecule has 1 aliphatic heterocycles. The number of alkyl halides is 3. The van der Waals surface area contributed by atoms with Crippen molar-refractivity contribution >= 4 is 0 Å². The molecule has 96 valence electrons. The third kappa shape index (κ3) is 2.74. The molecule has 0 radical (unpaired) electrons. The molecule has 2 aliphatic rings. The first-order chi connectivity index (χ1) is 8.02. The van der Waals surface area contributed by atoms with Crippen molar-refractivity contribution in [2.75, 3.05) is 13.1 Å². The first-order valence-corrected chi connectivity index (χ1v) is 6.22. The Morgan fingerprint density at radius 3 is 2.59 bits per heavy atom. The van der Waals surface area contributed by atoms with E-state index >= 15 is 0 Å². The lowest BCUT2D eigenvalue weighted by molar-refractivity contribution is -0.165. The van der Waals surface area contributed by atoms with Crippen molar-refractivity contribution < 1.29 is 13.2 Å². The molecule has 0 aromatic heterocycles. The van der Waals surface area contributed by atoms with E-state index in [0.29, 0.717) is 12.0 Å². The van der Waals surface area contributed by atoms with Crippen molar-refractivity contribution in [2.24, 2.45) is 11.8 Å². The number of hydrogen-bond acceptors (Lipinski definition) is 2. The third-order valence-corrected chi connectivity index (χ3v) is 4.08. The highest BCUT2D eigenvalue weighted by Gasteiger charge is 2.44. The number of piperidine rings is 1. The summed E-state index contributed by atoms with van der Waals surface area (Å²) in [6, 6.07) is 1.70. The Hall–Kier alpha value is -0.760. The summed E-state index contributed by atoms with van der Waals surface area (Å²) in [6.07, 6.45) is 0.988. The fraction of sp³-hybridized carbons (Fsp3) is 0.917. The fourth-order valence-electron chi connectivity index (χ4n) is 3.24. The Labute approximate surface area is 99.4 Å². The van der Waals surface area contributed by atoms with Crippen LogP contribution in [0.5, 0.6) is 0 Å². The molecule has 0 aromatic rings. The van der Waals surface area contributed by atoms with Gasteiger partial charge < -0.3 is 0 Å². The number of likely N-dealkylation sites (tertiary alicyclic amines) is 1. The Morgan fingerprint density at radius 2 is 1.94 bits per heavy atom. The second-order valence-electron chi connectivity index (χ2n) is 5.12. The van der Waals surface area contributed by atoms with Crippen LogP contribution in [-0.4, -0.2) is 30.2 Å². The number of halogens is 3. The van der Waals surface area contributed by atoms with Crippen LogP contribution in [0.1, 0.15) is 32.1 Å². The highest BCUT2D eigenvalue weighted by molar-refractivity contribution is 4.95. The van der Waals surface area contributed by atoms with Crippen LogP contribution in [0.2, 0.25) is 0 Å². The lowest BCUT2D eigenvalue weighted by atomic mass is 9.91. The Balaban J connectivity index is 2.00. The van der Waals surface area contributed by atoms with Crippen LogP contribution >= 0.6 is 0 Å². The van der Waals surface area contributed by atoms with E-state index in [4.69, 9.17) is 5.26 Å². The first-order valence-electron chi connectivity index (χ1n) is 6.22. The quantitative estimate of drug-likeness (QED) is 0.749. The van der Waals surface area contributed by atoms with Crippen molar-refractivity contribution in [1.29, 1.82) is 5.26 Å². The van der Waals surface area contributed by atoms with Crippen LogP contribution in [0.4, 0.5) is 13.2 Å². The minimum absolute atomic E-state index is 0.138. The smallest absolute Gasteiger partial charge is 0.298 e. The zero-order chi connectivity index (χ0) is 12.5. The van der Waals surface area contributed by atoms with Gasteiger partial charge >= 0.3 is 6.18 Å². The van der Waals surface area contributed by atoms with Crippen LogP contribution in [-0.2, 0) is 0 Å². The Bertz CT molecular complexity index is 308. The standard InChI is InChI=1S/C12H17F3N2/c13-12(14,15)10(7-16)8-17-6-2-4-9-3-1-5-11(9)17/h9-11H,1-6,8H2. The monoisotopic (exact) mass is 246 g/mol. The van der Waals surface area contributed by atoms with Gasteiger partial charge in [0.2, 0.25) is 0 Å².